The highest BCUT2D eigenvalue weighted by atomic mass is 16.3. The summed E-state index contributed by atoms with van der Waals surface area (Å²) in [6.45, 7) is 0.210. The van der Waals surface area contributed by atoms with Crippen LogP contribution in [0.4, 0.5) is 5.82 Å². The van der Waals surface area contributed by atoms with E-state index in [4.69, 9.17) is 4.98 Å². The van der Waals surface area contributed by atoms with Crippen molar-refractivity contribution in [3.05, 3.63) is 48.3 Å². The molecule has 0 spiro atoms. The summed E-state index contributed by atoms with van der Waals surface area (Å²) in [5, 5.41) is 22.3. The van der Waals surface area contributed by atoms with Gasteiger partial charge in [-0.3, -0.25) is 4.40 Å². The van der Waals surface area contributed by atoms with Crippen molar-refractivity contribution >= 4 is 11.5 Å². The van der Waals surface area contributed by atoms with E-state index in [1.165, 1.54) is 0 Å². The lowest BCUT2D eigenvalue weighted by Crippen LogP contribution is -2.26. The van der Waals surface area contributed by atoms with Crippen molar-refractivity contribution in [3.8, 4) is 11.4 Å². The maximum Gasteiger partial charge on any atom is 0.137 e. The second-order valence-electron chi connectivity index (χ2n) is 6.60. The zero-order chi connectivity index (χ0) is 17.2. The quantitative estimate of drug-likeness (QED) is 0.666. The van der Waals surface area contributed by atoms with Crippen LogP contribution in [0.25, 0.3) is 17.0 Å². The largest absolute Gasteiger partial charge is 0.396 e. The number of fused-ring (bicyclic) bond motifs is 1. The molecule has 0 unspecified atom stereocenters. The van der Waals surface area contributed by atoms with E-state index in [0.29, 0.717) is 5.92 Å². The molecule has 1 saturated carbocycles. The SMILES string of the molecule is OCc1ccc2ncc(-c3cccc(N[C@H]4CCC[C@@H]4CO)n3)n2c1. The van der Waals surface area contributed by atoms with E-state index in [0.717, 1.165) is 47.7 Å². The third-order valence-corrected chi connectivity index (χ3v) is 4.99. The summed E-state index contributed by atoms with van der Waals surface area (Å²) < 4.78 is 1.95. The van der Waals surface area contributed by atoms with Gasteiger partial charge in [0, 0.05) is 24.8 Å². The minimum absolute atomic E-state index is 0.00713. The van der Waals surface area contributed by atoms with E-state index in [1.54, 1.807) is 6.20 Å². The number of aliphatic hydroxyl groups is 2. The summed E-state index contributed by atoms with van der Waals surface area (Å²) in [7, 11) is 0. The Morgan fingerprint density at radius 1 is 1.16 bits per heavy atom. The molecule has 6 heteroatoms. The summed E-state index contributed by atoms with van der Waals surface area (Å²) in [6, 6.07) is 9.92. The number of nitrogens with zero attached hydrogens (tertiary/aromatic N) is 3. The fraction of sp³-hybridized carbons (Fsp3) is 0.368. The summed E-state index contributed by atoms with van der Waals surface area (Å²) >= 11 is 0. The van der Waals surface area contributed by atoms with E-state index in [1.807, 2.05) is 40.9 Å². The fourth-order valence-electron chi connectivity index (χ4n) is 3.60. The van der Waals surface area contributed by atoms with Crippen LogP contribution in [0.2, 0.25) is 0 Å². The topological polar surface area (TPSA) is 82.7 Å². The predicted molar refractivity (Wildman–Crippen MR) is 96.2 cm³/mol. The number of imidazole rings is 1. The smallest absolute Gasteiger partial charge is 0.137 e. The van der Waals surface area contributed by atoms with Crippen molar-refractivity contribution in [2.45, 2.75) is 31.9 Å². The summed E-state index contributed by atoms with van der Waals surface area (Å²) in [5.41, 5.74) is 3.37. The highest BCUT2D eigenvalue weighted by Crippen LogP contribution is 2.28. The molecule has 1 aliphatic rings. The van der Waals surface area contributed by atoms with E-state index < -0.39 is 0 Å². The van der Waals surface area contributed by atoms with Gasteiger partial charge in [0.2, 0.25) is 0 Å². The van der Waals surface area contributed by atoms with Crippen LogP contribution in [0.3, 0.4) is 0 Å². The van der Waals surface area contributed by atoms with Gasteiger partial charge in [0.25, 0.3) is 0 Å². The Hall–Kier alpha value is -2.44. The average Bonchev–Trinajstić information content (AvgIpc) is 3.27. The van der Waals surface area contributed by atoms with Crippen LogP contribution in [0, 0.1) is 5.92 Å². The zero-order valence-electron chi connectivity index (χ0n) is 14.0. The van der Waals surface area contributed by atoms with Gasteiger partial charge in [-0.1, -0.05) is 18.6 Å². The van der Waals surface area contributed by atoms with E-state index in [2.05, 4.69) is 10.3 Å². The lowest BCUT2D eigenvalue weighted by molar-refractivity contribution is 0.222. The third kappa shape index (κ3) is 3.10. The number of nitrogens with one attached hydrogen (secondary N) is 1. The van der Waals surface area contributed by atoms with Crippen LogP contribution >= 0.6 is 0 Å². The molecule has 130 valence electrons. The zero-order valence-corrected chi connectivity index (χ0v) is 14.0. The highest BCUT2D eigenvalue weighted by molar-refractivity contribution is 5.62. The van der Waals surface area contributed by atoms with E-state index in [9.17, 15) is 10.2 Å². The van der Waals surface area contributed by atoms with Crippen LogP contribution in [-0.4, -0.2) is 37.2 Å². The molecule has 1 aliphatic carbocycles. The predicted octanol–water partition coefficient (Wildman–Crippen LogP) is 2.46. The first kappa shape index (κ1) is 16.1. The van der Waals surface area contributed by atoms with Gasteiger partial charge < -0.3 is 15.5 Å². The van der Waals surface area contributed by atoms with Crippen LogP contribution in [0.5, 0.6) is 0 Å². The molecule has 3 N–H and O–H groups in total. The van der Waals surface area contributed by atoms with Gasteiger partial charge in [0.05, 0.1) is 24.2 Å². The van der Waals surface area contributed by atoms with E-state index >= 15 is 0 Å². The van der Waals surface area contributed by atoms with Gasteiger partial charge in [0.1, 0.15) is 11.5 Å². The van der Waals surface area contributed by atoms with Crippen molar-refractivity contribution in [3.63, 3.8) is 0 Å². The first-order valence-corrected chi connectivity index (χ1v) is 8.70. The van der Waals surface area contributed by atoms with E-state index in [-0.39, 0.29) is 19.3 Å². The fourth-order valence-corrected chi connectivity index (χ4v) is 3.60. The molecule has 2 atom stereocenters. The molecule has 0 saturated heterocycles. The summed E-state index contributed by atoms with van der Waals surface area (Å²) in [4.78, 5) is 9.15. The molecule has 0 bridgehead atoms. The number of aliphatic hydroxyl groups excluding tert-OH is 2. The lowest BCUT2D eigenvalue weighted by atomic mass is 10.1. The molecule has 3 aromatic rings. The molecule has 1 fully saturated rings. The highest BCUT2D eigenvalue weighted by Gasteiger charge is 2.26. The molecule has 0 radical (unpaired) electrons. The molecule has 25 heavy (non-hydrogen) atoms. The summed E-state index contributed by atoms with van der Waals surface area (Å²) in [5.74, 6) is 1.12. The van der Waals surface area contributed by atoms with Crippen molar-refractivity contribution in [2.75, 3.05) is 11.9 Å². The second-order valence-corrected chi connectivity index (χ2v) is 6.60. The molecule has 3 aromatic heterocycles. The monoisotopic (exact) mass is 338 g/mol. The molecule has 0 aliphatic heterocycles. The Bertz CT molecular complexity index is 877. The standard InChI is InChI=1S/C19H22N4O2/c24-11-13-7-8-19-20-9-17(23(19)10-13)16-5-2-6-18(22-16)21-15-4-1-3-14(15)12-25/h2,5-10,14-15,24-25H,1,3-4,11-12H2,(H,21,22)/t14-,15+/m1/s1. The number of anilines is 1. The molecular weight excluding hydrogens is 316 g/mol. The Kier molecular flexibility index (Phi) is 4.38. The van der Waals surface area contributed by atoms with Crippen molar-refractivity contribution < 1.29 is 10.2 Å². The number of pyridine rings is 2. The van der Waals surface area contributed by atoms with Crippen molar-refractivity contribution in [1.29, 1.82) is 0 Å². The van der Waals surface area contributed by atoms with Crippen LogP contribution in [0.1, 0.15) is 24.8 Å². The van der Waals surface area contributed by atoms with Gasteiger partial charge in [-0.05, 0) is 36.6 Å². The number of aromatic nitrogens is 3. The lowest BCUT2D eigenvalue weighted by Gasteiger charge is -2.19. The first-order valence-electron chi connectivity index (χ1n) is 8.70. The van der Waals surface area contributed by atoms with Crippen LogP contribution in [0.15, 0.2) is 42.7 Å². The van der Waals surface area contributed by atoms with Crippen LogP contribution in [-0.2, 0) is 6.61 Å². The van der Waals surface area contributed by atoms with Gasteiger partial charge in [-0.25, -0.2) is 9.97 Å². The molecule has 0 aromatic carbocycles. The normalized spacial score (nSPS) is 20.2. The Balaban J connectivity index is 1.65. The van der Waals surface area contributed by atoms with Gasteiger partial charge in [0.15, 0.2) is 0 Å². The molecule has 0 amide bonds. The van der Waals surface area contributed by atoms with Gasteiger partial charge >= 0.3 is 0 Å². The Morgan fingerprint density at radius 2 is 2.08 bits per heavy atom. The number of rotatable bonds is 5. The van der Waals surface area contributed by atoms with Gasteiger partial charge in [-0.15, -0.1) is 0 Å². The first-order chi connectivity index (χ1) is 12.3. The molecule has 4 rings (SSSR count). The number of hydrogen-bond donors (Lipinski definition) is 3. The van der Waals surface area contributed by atoms with Gasteiger partial charge in [-0.2, -0.15) is 0 Å². The Morgan fingerprint density at radius 3 is 2.92 bits per heavy atom. The summed E-state index contributed by atoms with van der Waals surface area (Å²) in [6.07, 6.45) is 6.95. The molecule has 3 heterocycles. The van der Waals surface area contributed by atoms with Crippen molar-refractivity contribution in [2.24, 2.45) is 5.92 Å². The molecular formula is C19H22N4O2. The van der Waals surface area contributed by atoms with Crippen LogP contribution < -0.4 is 5.32 Å². The maximum atomic E-state index is 9.49. The third-order valence-electron chi connectivity index (χ3n) is 4.99. The minimum Gasteiger partial charge on any atom is -0.396 e. The molecule has 6 nitrogen and oxygen atoms in total. The van der Waals surface area contributed by atoms with Crippen molar-refractivity contribution in [1.82, 2.24) is 14.4 Å². The second kappa shape index (κ2) is 6.82. The number of hydrogen-bond acceptors (Lipinski definition) is 5. The average molecular weight is 338 g/mol. The Labute approximate surface area is 146 Å². The minimum atomic E-state index is -0.00713. The maximum absolute atomic E-state index is 9.49.